The van der Waals surface area contributed by atoms with Crippen LogP contribution in [0.1, 0.15) is 24.2 Å². The van der Waals surface area contributed by atoms with E-state index in [1.54, 1.807) is 43.5 Å². The first-order chi connectivity index (χ1) is 13.6. The van der Waals surface area contributed by atoms with Crippen LogP contribution in [0.2, 0.25) is 0 Å². The van der Waals surface area contributed by atoms with E-state index in [0.29, 0.717) is 41.1 Å². The molecule has 0 spiro atoms. The summed E-state index contributed by atoms with van der Waals surface area (Å²) >= 11 is 1.28. The van der Waals surface area contributed by atoms with E-state index in [4.69, 9.17) is 9.15 Å². The molecule has 1 amide bonds. The number of aromatic nitrogens is 3. The van der Waals surface area contributed by atoms with Crippen LogP contribution in [0.3, 0.4) is 0 Å². The number of furan rings is 1. The lowest BCUT2D eigenvalue weighted by molar-refractivity contribution is -0.113. The zero-order valence-corrected chi connectivity index (χ0v) is 16.4. The Kier molecular flexibility index (Phi) is 6.49. The maximum Gasteiger partial charge on any atom is 0.338 e. The lowest BCUT2D eigenvalue weighted by atomic mass is 10.2. The van der Waals surface area contributed by atoms with E-state index in [-0.39, 0.29) is 11.7 Å². The van der Waals surface area contributed by atoms with Crippen LogP contribution in [-0.4, -0.2) is 39.0 Å². The minimum Gasteiger partial charge on any atom is -0.462 e. The fourth-order valence-corrected chi connectivity index (χ4v) is 3.34. The van der Waals surface area contributed by atoms with Gasteiger partial charge in [0.1, 0.15) is 0 Å². The van der Waals surface area contributed by atoms with Crippen molar-refractivity contribution >= 4 is 29.3 Å². The maximum absolute atomic E-state index is 12.3. The molecule has 0 aliphatic carbocycles. The number of hydrogen-bond donors (Lipinski definition) is 1. The topological polar surface area (TPSA) is 99.2 Å². The van der Waals surface area contributed by atoms with Gasteiger partial charge in [0, 0.05) is 12.2 Å². The summed E-state index contributed by atoms with van der Waals surface area (Å²) in [6.07, 6.45) is 1.58. The normalized spacial score (nSPS) is 10.6. The van der Waals surface area contributed by atoms with Gasteiger partial charge in [0.2, 0.25) is 5.91 Å². The summed E-state index contributed by atoms with van der Waals surface area (Å²) in [7, 11) is 0. The van der Waals surface area contributed by atoms with Gasteiger partial charge in [0.05, 0.1) is 24.2 Å². The second-order valence-electron chi connectivity index (χ2n) is 5.67. The van der Waals surface area contributed by atoms with Crippen molar-refractivity contribution in [2.24, 2.45) is 0 Å². The van der Waals surface area contributed by atoms with Crippen molar-refractivity contribution in [2.45, 2.75) is 25.5 Å². The number of rotatable bonds is 8. The molecule has 0 saturated carbocycles. The first-order valence-electron chi connectivity index (χ1n) is 8.79. The van der Waals surface area contributed by atoms with Crippen LogP contribution in [0.25, 0.3) is 11.6 Å². The largest absolute Gasteiger partial charge is 0.462 e. The molecule has 0 atom stereocenters. The van der Waals surface area contributed by atoms with E-state index in [1.165, 1.54) is 11.8 Å². The highest BCUT2D eigenvalue weighted by molar-refractivity contribution is 7.99. The van der Waals surface area contributed by atoms with Gasteiger partial charge in [0.25, 0.3) is 0 Å². The van der Waals surface area contributed by atoms with E-state index in [2.05, 4.69) is 15.5 Å². The molecule has 0 saturated heterocycles. The van der Waals surface area contributed by atoms with Gasteiger partial charge in [-0.2, -0.15) is 0 Å². The van der Waals surface area contributed by atoms with Crippen molar-refractivity contribution in [2.75, 3.05) is 17.7 Å². The molecule has 0 bridgehead atoms. The van der Waals surface area contributed by atoms with E-state index in [9.17, 15) is 9.59 Å². The van der Waals surface area contributed by atoms with Crippen LogP contribution >= 0.6 is 11.8 Å². The van der Waals surface area contributed by atoms with Crippen LogP contribution in [-0.2, 0) is 16.1 Å². The standard InChI is InChI=1S/C19H20N4O4S/c1-3-23-17(15-9-6-10-27-15)21-22-19(23)28-12-16(24)20-14-8-5-7-13(11-14)18(25)26-4-2/h5-11H,3-4,12H2,1-2H3,(H,20,24). The Hall–Kier alpha value is -3.07. The second kappa shape index (κ2) is 9.23. The first-order valence-corrected chi connectivity index (χ1v) is 9.77. The molecular formula is C19H20N4O4S. The summed E-state index contributed by atoms with van der Waals surface area (Å²) in [6.45, 7) is 4.66. The maximum atomic E-state index is 12.3. The number of carbonyl (C=O) groups is 2. The molecule has 146 valence electrons. The molecule has 3 aromatic rings. The summed E-state index contributed by atoms with van der Waals surface area (Å²) in [5, 5.41) is 11.7. The van der Waals surface area contributed by atoms with Crippen molar-refractivity contribution < 1.29 is 18.7 Å². The third-order valence-corrected chi connectivity index (χ3v) is 4.73. The molecule has 8 nitrogen and oxygen atoms in total. The van der Waals surface area contributed by atoms with Crippen LogP contribution in [0.4, 0.5) is 5.69 Å². The predicted octanol–water partition coefficient (Wildman–Crippen LogP) is 3.47. The third-order valence-electron chi connectivity index (χ3n) is 3.76. The number of anilines is 1. The third kappa shape index (κ3) is 4.61. The predicted molar refractivity (Wildman–Crippen MR) is 105 cm³/mol. The highest BCUT2D eigenvalue weighted by atomic mass is 32.2. The number of thioether (sulfide) groups is 1. The number of amides is 1. The minimum absolute atomic E-state index is 0.153. The second-order valence-corrected chi connectivity index (χ2v) is 6.61. The highest BCUT2D eigenvalue weighted by Crippen LogP contribution is 2.24. The summed E-state index contributed by atoms with van der Waals surface area (Å²) < 4.78 is 12.2. The van der Waals surface area contributed by atoms with Crippen molar-refractivity contribution in [1.29, 1.82) is 0 Å². The van der Waals surface area contributed by atoms with Gasteiger partial charge in [0.15, 0.2) is 16.7 Å². The fraction of sp³-hybridized carbons (Fsp3) is 0.263. The molecule has 3 rings (SSSR count). The van der Waals surface area contributed by atoms with Crippen LogP contribution in [0.15, 0.2) is 52.2 Å². The molecule has 9 heteroatoms. The van der Waals surface area contributed by atoms with E-state index in [1.807, 2.05) is 17.6 Å². The molecule has 1 N–H and O–H groups in total. The van der Waals surface area contributed by atoms with Crippen LogP contribution in [0, 0.1) is 0 Å². The van der Waals surface area contributed by atoms with Gasteiger partial charge in [-0.05, 0) is 44.2 Å². The molecule has 0 aliphatic rings. The average Bonchev–Trinajstić information content (AvgIpc) is 3.36. The Labute approximate surface area is 166 Å². The number of benzene rings is 1. The highest BCUT2D eigenvalue weighted by Gasteiger charge is 2.16. The van der Waals surface area contributed by atoms with Crippen molar-refractivity contribution in [1.82, 2.24) is 14.8 Å². The zero-order valence-electron chi connectivity index (χ0n) is 15.5. The molecule has 0 aliphatic heterocycles. The lowest BCUT2D eigenvalue weighted by Crippen LogP contribution is -2.15. The number of ether oxygens (including phenoxy) is 1. The van der Waals surface area contributed by atoms with E-state index < -0.39 is 5.97 Å². The van der Waals surface area contributed by atoms with Crippen molar-refractivity contribution in [3.8, 4) is 11.6 Å². The van der Waals surface area contributed by atoms with E-state index >= 15 is 0 Å². The Bertz CT molecular complexity index is 953. The smallest absolute Gasteiger partial charge is 0.338 e. The van der Waals surface area contributed by atoms with Crippen LogP contribution < -0.4 is 5.32 Å². The summed E-state index contributed by atoms with van der Waals surface area (Å²) in [5.41, 5.74) is 0.922. The lowest BCUT2D eigenvalue weighted by Gasteiger charge is -2.08. The monoisotopic (exact) mass is 400 g/mol. The summed E-state index contributed by atoms with van der Waals surface area (Å²) in [5.74, 6) is 0.768. The van der Waals surface area contributed by atoms with Gasteiger partial charge in [-0.25, -0.2) is 4.79 Å². The number of esters is 1. The molecular weight excluding hydrogens is 380 g/mol. The van der Waals surface area contributed by atoms with Crippen molar-refractivity contribution in [3.63, 3.8) is 0 Å². The number of nitrogens with one attached hydrogen (secondary N) is 1. The molecule has 1 aromatic carbocycles. The number of nitrogens with zero attached hydrogens (tertiary/aromatic N) is 3. The molecule has 28 heavy (non-hydrogen) atoms. The Morgan fingerprint density at radius 2 is 2.07 bits per heavy atom. The average molecular weight is 400 g/mol. The van der Waals surface area contributed by atoms with Gasteiger partial charge >= 0.3 is 5.97 Å². The molecule has 2 aromatic heterocycles. The Morgan fingerprint density at radius 3 is 2.79 bits per heavy atom. The minimum atomic E-state index is -0.422. The molecule has 0 unspecified atom stereocenters. The first kappa shape index (κ1) is 19.7. The number of carbonyl (C=O) groups excluding carboxylic acids is 2. The van der Waals surface area contributed by atoms with Crippen LogP contribution in [0.5, 0.6) is 0 Å². The van der Waals surface area contributed by atoms with Gasteiger partial charge in [-0.1, -0.05) is 17.8 Å². The SMILES string of the molecule is CCOC(=O)c1cccc(NC(=O)CSc2nnc(-c3ccco3)n2CC)c1. The quantitative estimate of drug-likeness (QED) is 0.456. The number of hydrogen-bond acceptors (Lipinski definition) is 7. The van der Waals surface area contributed by atoms with Gasteiger partial charge in [-0.15, -0.1) is 10.2 Å². The molecule has 2 heterocycles. The summed E-state index contributed by atoms with van der Waals surface area (Å²) in [4.78, 5) is 24.1. The fourth-order valence-electron chi connectivity index (χ4n) is 2.53. The molecule has 0 fully saturated rings. The Balaban J connectivity index is 1.62. The van der Waals surface area contributed by atoms with Gasteiger partial charge in [-0.3, -0.25) is 9.36 Å². The zero-order chi connectivity index (χ0) is 19.9. The molecule has 0 radical (unpaired) electrons. The van der Waals surface area contributed by atoms with E-state index in [0.717, 1.165) is 0 Å². The Morgan fingerprint density at radius 1 is 1.21 bits per heavy atom. The van der Waals surface area contributed by atoms with Gasteiger partial charge < -0.3 is 14.5 Å². The summed E-state index contributed by atoms with van der Waals surface area (Å²) in [6, 6.07) is 10.2. The van der Waals surface area contributed by atoms with Crippen molar-refractivity contribution in [3.05, 3.63) is 48.2 Å².